The quantitative estimate of drug-likeness (QED) is 0.627. The van der Waals surface area contributed by atoms with Crippen molar-refractivity contribution in [1.29, 1.82) is 0 Å². The second-order valence-electron chi connectivity index (χ2n) is 2.52. The lowest BCUT2D eigenvalue weighted by Crippen LogP contribution is -1.95. The number of hydrogen-bond donors (Lipinski definition) is 0. The lowest BCUT2D eigenvalue weighted by Gasteiger charge is -1.91. The molecule has 0 saturated carbocycles. The maximum Gasteiger partial charge on any atom is 0.249 e. The SMILES string of the molecule is CC/C(=C\c1cc(Br)c(Br)o1)[N+](=O)[O-]. The highest BCUT2D eigenvalue weighted by Gasteiger charge is 2.10. The summed E-state index contributed by atoms with van der Waals surface area (Å²) in [6.07, 6.45) is 1.78. The van der Waals surface area contributed by atoms with Crippen molar-refractivity contribution in [2.45, 2.75) is 13.3 Å². The molecule has 0 atom stereocenters. The van der Waals surface area contributed by atoms with Gasteiger partial charge in [0, 0.05) is 6.42 Å². The third-order valence-electron chi connectivity index (χ3n) is 1.57. The molecule has 1 aromatic heterocycles. The van der Waals surface area contributed by atoms with Crippen molar-refractivity contribution in [3.8, 4) is 0 Å². The molecule has 0 aliphatic heterocycles. The minimum absolute atomic E-state index is 0.124. The second kappa shape index (κ2) is 4.75. The van der Waals surface area contributed by atoms with Crippen LogP contribution >= 0.6 is 31.9 Å². The fourth-order valence-corrected chi connectivity index (χ4v) is 1.49. The van der Waals surface area contributed by atoms with E-state index in [4.69, 9.17) is 4.42 Å². The normalized spacial score (nSPS) is 11.8. The molecule has 4 nitrogen and oxygen atoms in total. The molecule has 0 spiro atoms. The first-order valence-corrected chi connectivity index (χ1v) is 5.43. The van der Waals surface area contributed by atoms with Gasteiger partial charge in [-0.15, -0.1) is 0 Å². The van der Waals surface area contributed by atoms with Crippen molar-refractivity contribution in [2.24, 2.45) is 0 Å². The second-order valence-corrected chi connectivity index (χ2v) is 4.09. The molecule has 0 saturated heterocycles. The summed E-state index contributed by atoms with van der Waals surface area (Å²) in [4.78, 5) is 10.1. The van der Waals surface area contributed by atoms with Gasteiger partial charge >= 0.3 is 0 Å². The smallest absolute Gasteiger partial charge is 0.249 e. The highest BCUT2D eigenvalue weighted by atomic mass is 79.9. The van der Waals surface area contributed by atoms with Crippen LogP contribution in [0.3, 0.4) is 0 Å². The Morgan fingerprint density at radius 3 is 2.71 bits per heavy atom. The Morgan fingerprint density at radius 1 is 1.71 bits per heavy atom. The van der Waals surface area contributed by atoms with Crippen LogP contribution in [0.2, 0.25) is 0 Å². The first kappa shape index (κ1) is 11.5. The van der Waals surface area contributed by atoms with Gasteiger partial charge in [0.2, 0.25) is 5.70 Å². The molecule has 0 unspecified atom stereocenters. The van der Waals surface area contributed by atoms with E-state index in [0.717, 1.165) is 4.47 Å². The minimum Gasteiger partial charge on any atom is -0.449 e. The van der Waals surface area contributed by atoms with Crippen molar-refractivity contribution < 1.29 is 9.34 Å². The minimum atomic E-state index is -0.412. The molecule has 1 heterocycles. The van der Waals surface area contributed by atoms with E-state index in [-0.39, 0.29) is 5.70 Å². The number of hydrogen-bond acceptors (Lipinski definition) is 3. The topological polar surface area (TPSA) is 56.3 Å². The predicted molar refractivity (Wildman–Crippen MR) is 59.4 cm³/mol. The Hall–Kier alpha value is -0.620. The third-order valence-corrected chi connectivity index (χ3v) is 3.28. The Bertz CT molecular complexity index is 364. The van der Waals surface area contributed by atoms with E-state index in [2.05, 4.69) is 31.9 Å². The van der Waals surface area contributed by atoms with Crippen molar-refractivity contribution in [3.63, 3.8) is 0 Å². The van der Waals surface area contributed by atoms with Crippen LogP contribution in [0.15, 0.2) is 25.3 Å². The van der Waals surface area contributed by atoms with Gasteiger partial charge in [-0.05, 0) is 37.9 Å². The van der Waals surface area contributed by atoms with Gasteiger partial charge in [0.15, 0.2) is 4.67 Å². The van der Waals surface area contributed by atoms with E-state index in [1.54, 1.807) is 13.0 Å². The van der Waals surface area contributed by atoms with Crippen molar-refractivity contribution in [2.75, 3.05) is 0 Å². The lowest BCUT2D eigenvalue weighted by atomic mass is 10.3. The number of rotatable bonds is 3. The molecule has 0 bridgehead atoms. The molecular formula is C8H7Br2NO3. The van der Waals surface area contributed by atoms with E-state index in [1.807, 2.05) is 0 Å². The van der Waals surface area contributed by atoms with Crippen LogP contribution in [0.4, 0.5) is 0 Å². The molecule has 76 valence electrons. The van der Waals surface area contributed by atoms with Gasteiger partial charge in [-0.25, -0.2) is 0 Å². The zero-order chi connectivity index (χ0) is 10.7. The molecule has 0 aliphatic carbocycles. The summed E-state index contributed by atoms with van der Waals surface area (Å²) in [6.45, 7) is 1.72. The molecule has 0 aliphatic rings. The number of halogens is 2. The summed E-state index contributed by atoms with van der Waals surface area (Å²) in [6, 6.07) is 1.67. The molecule has 0 aromatic carbocycles. The van der Waals surface area contributed by atoms with E-state index in [0.29, 0.717) is 16.9 Å². The Kier molecular flexibility index (Phi) is 3.88. The summed E-state index contributed by atoms with van der Waals surface area (Å²) >= 11 is 6.38. The molecule has 14 heavy (non-hydrogen) atoms. The van der Waals surface area contributed by atoms with Gasteiger partial charge in [-0.2, -0.15) is 0 Å². The fraction of sp³-hybridized carbons (Fsp3) is 0.250. The molecule has 0 fully saturated rings. The zero-order valence-corrected chi connectivity index (χ0v) is 10.5. The van der Waals surface area contributed by atoms with E-state index < -0.39 is 4.92 Å². The monoisotopic (exact) mass is 323 g/mol. The van der Waals surface area contributed by atoms with E-state index >= 15 is 0 Å². The maximum absolute atomic E-state index is 10.5. The average molecular weight is 325 g/mol. The molecule has 6 heteroatoms. The fourth-order valence-electron chi connectivity index (χ4n) is 0.883. The van der Waals surface area contributed by atoms with Gasteiger partial charge in [0.05, 0.1) is 15.5 Å². The zero-order valence-electron chi connectivity index (χ0n) is 7.29. The van der Waals surface area contributed by atoms with Crippen LogP contribution in [0.25, 0.3) is 6.08 Å². The largest absolute Gasteiger partial charge is 0.449 e. The highest BCUT2D eigenvalue weighted by molar-refractivity contribution is 9.13. The first-order valence-electron chi connectivity index (χ1n) is 3.84. The molecule has 0 amide bonds. The van der Waals surface area contributed by atoms with Crippen LogP contribution in [0.1, 0.15) is 19.1 Å². The van der Waals surface area contributed by atoms with E-state index in [9.17, 15) is 10.1 Å². The van der Waals surface area contributed by atoms with Crippen LogP contribution in [-0.4, -0.2) is 4.92 Å². The summed E-state index contributed by atoms with van der Waals surface area (Å²) in [7, 11) is 0. The molecule has 0 N–H and O–H groups in total. The van der Waals surface area contributed by atoms with Crippen LogP contribution in [-0.2, 0) is 0 Å². The van der Waals surface area contributed by atoms with Gasteiger partial charge in [0.25, 0.3) is 0 Å². The predicted octanol–water partition coefficient (Wildman–Crippen LogP) is 3.83. The van der Waals surface area contributed by atoms with Gasteiger partial charge in [-0.3, -0.25) is 10.1 Å². The van der Waals surface area contributed by atoms with Crippen LogP contribution in [0.5, 0.6) is 0 Å². The maximum atomic E-state index is 10.5. The van der Waals surface area contributed by atoms with Gasteiger partial charge in [0.1, 0.15) is 5.76 Å². The molecule has 1 aromatic rings. The highest BCUT2D eigenvalue weighted by Crippen LogP contribution is 2.28. The third kappa shape index (κ3) is 2.68. The van der Waals surface area contributed by atoms with Crippen LogP contribution in [0, 0.1) is 10.1 Å². The number of nitro groups is 1. The average Bonchev–Trinajstić information content (AvgIpc) is 2.41. The van der Waals surface area contributed by atoms with Crippen molar-refractivity contribution in [3.05, 3.63) is 36.8 Å². The molecular weight excluding hydrogens is 318 g/mol. The van der Waals surface area contributed by atoms with Crippen molar-refractivity contribution in [1.82, 2.24) is 0 Å². The lowest BCUT2D eigenvalue weighted by molar-refractivity contribution is -0.425. The van der Waals surface area contributed by atoms with Gasteiger partial charge < -0.3 is 4.42 Å². The Morgan fingerprint density at radius 2 is 2.36 bits per heavy atom. The summed E-state index contributed by atoms with van der Waals surface area (Å²) < 4.78 is 6.45. The summed E-state index contributed by atoms with van der Waals surface area (Å²) in [5.41, 5.74) is 0.124. The number of furan rings is 1. The number of nitrogens with zero attached hydrogens (tertiary/aromatic N) is 1. The standard InChI is InChI=1S/C8H7Br2NO3/c1-2-5(11(12)13)3-6-4-7(9)8(10)14-6/h3-4H,2H2,1H3/b5-3+. The number of allylic oxidation sites excluding steroid dienone is 1. The summed E-state index contributed by atoms with van der Waals surface area (Å²) in [5.74, 6) is 0.456. The molecule has 0 radical (unpaired) electrons. The van der Waals surface area contributed by atoms with E-state index in [1.165, 1.54) is 6.08 Å². The first-order chi connectivity index (χ1) is 6.54. The molecule has 1 rings (SSSR count). The van der Waals surface area contributed by atoms with Crippen LogP contribution < -0.4 is 0 Å². The van der Waals surface area contributed by atoms with Gasteiger partial charge in [-0.1, -0.05) is 6.92 Å². The van der Waals surface area contributed by atoms with Crippen molar-refractivity contribution >= 4 is 37.9 Å². The summed E-state index contributed by atoms with van der Waals surface area (Å²) in [5, 5.41) is 10.5. The Balaban J connectivity index is 3.00. The Labute approximate surface area is 97.4 Å².